The van der Waals surface area contributed by atoms with Gasteiger partial charge >= 0.3 is 11.9 Å². The van der Waals surface area contributed by atoms with Gasteiger partial charge in [0.25, 0.3) is 5.78 Å². The van der Waals surface area contributed by atoms with E-state index in [1.165, 1.54) is 49.6 Å². The summed E-state index contributed by atoms with van der Waals surface area (Å²) in [7, 11) is 1.52. The summed E-state index contributed by atoms with van der Waals surface area (Å²) in [4.78, 5) is 46.5. The Morgan fingerprint density at radius 1 is 1.00 bits per heavy atom. The maximum absolute atomic E-state index is 13.3. The predicted octanol–water partition coefficient (Wildman–Crippen LogP) is 3.91. The number of nitrogens with zero attached hydrogens (tertiary/aromatic N) is 2. The van der Waals surface area contributed by atoms with Crippen molar-refractivity contribution in [3.05, 3.63) is 88.5 Å². The van der Waals surface area contributed by atoms with Gasteiger partial charge in [-0.3, -0.25) is 14.5 Å². The van der Waals surface area contributed by atoms with Crippen LogP contribution in [-0.4, -0.2) is 50.1 Å². The fraction of sp³-hybridized carbons (Fsp3) is 0.111. The third-order valence-electron chi connectivity index (χ3n) is 6.27. The number of aliphatic hydroxyl groups is 1. The van der Waals surface area contributed by atoms with Crippen molar-refractivity contribution in [1.29, 1.82) is 0 Å². The molecule has 1 amide bonds. The van der Waals surface area contributed by atoms with Crippen molar-refractivity contribution in [3.63, 3.8) is 0 Å². The Bertz CT molecular complexity index is 1620. The first-order valence-electron chi connectivity index (χ1n) is 11.2. The van der Waals surface area contributed by atoms with Crippen LogP contribution in [0.4, 0.5) is 5.95 Å². The van der Waals surface area contributed by atoms with Crippen LogP contribution in [0.1, 0.15) is 33.1 Å². The number of carbonyl (C=O) groups excluding carboxylic acids is 2. The van der Waals surface area contributed by atoms with Crippen LogP contribution in [0.15, 0.2) is 66.2 Å². The molecule has 186 valence electrons. The van der Waals surface area contributed by atoms with Crippen molar-refractivity contribution in [2.45, 2.75) is 13.0 Å². The maximum atomic E-state index is 13.3. The van der Waals surface area contributed by atoms with Crippen molar-refractivity contribution >= 4 is 40.4 Å². The first kappa shape index (κ1) is 23.6. The molecule has 4 N–H and O–H groups in total. The van der Waals surface area contributed by atoms with E-state index in [9.17, 15) is 29.7 Å². The Balaban J connectivity index is 1.71. The highest BCUT2D eigenvalue weighted by atomic mass is 16.5. The van der Waals surface area contributed by atoms with Gasteiger partial charge in [-0.15, -0.1) is 0 Å². The number of carboxylic acid groups (broad SMARTS) is 1. The van der Waals surface area contributed by atoms with E-state index in [1.54, 1.807) is 25.1 Å². The Morgan fingerprint density at radius 2 is 1.70 bits per heavy atom. The van der Waals surface area contributed by atoms with Gasteiger partial charge in [0.1, 0.15) is 17.3 Å². The molecule has 0 bridgehead atoms. The van der Waals surface area contributed by atoms with Crippen LogP contribution < -0.4 is 9.64 Å². The van der Waals surface area contributed by atoms with Gasteiger partial charge in [0, 0.05) is 5.56 Å². The smallest absolute Gasteiger partial charge is 0.335 e. The van der Waals surface area contributed by atoms with E-state index in [0.29, 0.717) is 33.5 Å². The lowest BCUT2D eigenvalue weighted by atomic mass is 9.95. The molecule has 0 radical (unpaired) electrons. The number of H-pyrrole nitrogens is 1. The number of ketones is 1. The number of carbonyl (C=O) groups is 3. The van der Waals surface area contributed by atoms with Gasteiger partial charge in [-0.1, -0.05) is 12.1 Å². The quantitative estimate of drug-likeness (QED) is 0.183. The highest BCUT2D eigenvalue weighted by molar-refractivity contribution is 6.51. The number of imidazole rings is 1. The summed E-state index contributed by atoms with van der Waals surface area (Å²) in [5.74, 6) is -2.78. The number of aromatic amines is 1. The minimum atomic E-state index is -1.13. The largest absolute Gasteiger partial charge is 0.508 e. The molecule has 1 aliphatic rings. The lowest BCUT2D eigenvalue weighted by Gasteiger charge is -2.23. The summed E-state index contributed by atoms with van der Waals surface area (Å²) in [6.45, 7) is 1.78. The molecule has 2 heterocycles. The molecule has 10 heteroatoms. The Hall–Kier alpha value is -5.12. The summed E-state index contributed by atoms with van der Waals surface area (Å²) in [6.07, 6.45) is 0. The molecule has 0 aliphatic carbocycles. The number of ether oxygens (including phenoxy) is 1. The van der Waals surface area contributed by atoms with Gasteiger partial charge in [0.2, 0.25) is 5.95 Å². The van der Waals surface area contributed by atoms with Crippen molar-refractivity contribution in [2.24, 2.45) is 0 Å². The number of aliphatic hydroxyl groups excluding tert-OH is 1. The molecule has 37 heavy (non-hydrogen) atoms. The lowest BCUT2D eigenvalue weighted by Crippen LogP contribution is -2.30. The molecule has 1 unspecified atom stereocenters. The summed E-state index contributed by atoms with van der Waals surface area (Å²) in [5, 5.41) is 30.4. The number of Topliss-reactive ketones (excluding diaryl/α,β-unsaturated/α-hetero) is 1. The van der Waals surface area contributed by atoms with E-state index >= 15 is 0 Å². The van der Waals surface area contributed by atoms with Crippen molar-refractivity contribution in [1.82, 2.24) is 9.97 Å². The maximum Gasteiger partial charge on any atom is 0.335 e. The first-order valence-corrected chi connectivity index (χ1v) is 11.2. The van der Waals surface area contributed by atoms with Gasteiger partial charge in [-0.2, -0.15) is 0 Å². The van der Waals surface area contributed by atoms with E-state index < -0.39 is 23.7 Å². The molecule has 0 spiro atoms. The highest BCUT2D eigenvalue weighted by Crippen LogP contribution is 2.42. The highest BCUT2D eigenvalue weighted by Gasteiger charge is 2.48. The summed E-state index contributed by atoms with van der Waals surface area (Å²) >= 11 is 0. The number of rotatable bonds is 5. The number of carboxylic acids is 1. The zero-order chi connectivity index (χ0) is 26.4. The van der Waals surface area contributed by atoms with Gasteiger partial charge in [0.05, 0.1) is 35.3 Å². The van der Waals surface area contributed by atoms with Crippen LogP contribution in [0.25, 0.3) is 16.8 Å². The van der Waals surface area contributed by atoms with Crippen LogP contribution in [0.3, 0.4) is 0 Å². The normalized spacial score (nSPS) is 16.9. The number of hydrogen-bond donors (Lipinski definition) is 4. The fourth-order valence-corrected chi connectivity index (χ4v) is 4.45. The summed E-state index contributed by atoms with van der Waals surface area (Å²) in [6, 6.07) is 13.9. The zero-order valence-electron chi connectivity index (χ0n) is 19.7. The van der Waals surface area contributed by atoms with Crippen LogP contribution >= 0.6 is 0 Å². The second kappa shape index (κ2) is 8.83. The number of anilines is 1. The number of amides is 1. The number of benzene rings is 3. The molecular formula is C27H21N3O7. The molecule has 1 fully saturated rings. The standard InChI is InChI=1S/C27H21N3O7/c1-13-11-15(6-10-20(13)37-2)23(32)21-22(14-3-7-17(31)8-4-14)30(25(34)24(21)33)27-28-18-9-5-16(26(35)36)12-19(18)29-27/h3-12,22,31-32H,1-2H3,(H,28,29)(H,35,36)/b23-21+. The number of fused-ring (bicyclic) bond motifs is 1. The molecule has 0 saturated carbocycles. The minimum absolute atomic E-state index is 0.00248. The number of phenols is 1. The second-order valence-corrected chi connectivity index (χ2v) is 8.54. The molecule has 5 rings (SSSR count). The number of nitrogens with one attached hydrogen (secondary N) is 1. The van der Waals surface area contributed by atoms with Crippen molar-refractivity contribution < 1.29 is 34.4 Å². The minimum Gasteiger partial charge on any atom is -0.508 e. The van der Waals surface area contributed by atoms with Crippen LogP contribution in [0.2, 0.25) is 0 Å². The molecule has 1 aromatic heterocycles. The average molecular weight is 499 g/mol. The number of aryl methyl sites for hydroxylation is 1. The SMILES string of the molecule is COc1ccc(/C(O)=C2\C(=O)C(=O)N(c3nc4ccc(C(=O)O)cc4[nH]3)C2c2ccc(O)cc2)cc1C. The van der Waals surface area contributed by atoms with Gasteiger partial charge < -0.3 is 25.0 Å². The number of phenolic OH excluding ortho intramolecular Hbond substituents is 1. The third-order valence-corrected chi connectivity index (χ3v) is 6.27. The van der Waals surface area contributed by atoms with E-state index in [4.69, 9.17) is 4.74 Å². The molecule has 1 aliphatic heterocycles. The summed E-state index contributed by atoms with van der Waals surface area (Å²) < 4.78 is 5.27. The number of aromatic nitrogens is 2. The van der Waals surface area contributed by atoms with Gasteiger partial charge in [-0.05, 0) is 66.6 Å². The Kier molecular flexibility index (Phi) is 5.63. The second-order valence-electron chi connectivity index (χ2n) is 8.54. The van der Waals surface area contributed by atoms with Crippen LogP contribution in [-0.2, 0) is 9.59 Å². The number of hydrogen-bond acceptors (Lipinski definition) is 7. The number of methoxy groups -OCH3 is 1. The number of aromatic hydroxyl groups is 1. The summed E-state index contributed by atoms with van der Waals surface area (Å²) in [5.41, 5.74) is 2.07. The van der Waals surface area contributed by atoms with E-state index in [0.717, 1.165) is 4.90 Å². The van der Waals surface area contributed by atoms with Crippen LogP contribution in [0, 0.1) is 6.92 Å². The molecule has 3 aromatic carbocycles. The fourth-order valence-electron chi connectivity index (χ4n) is 4.45. The molecular weight excluding hydrogens is 478 g/mol. The number of aromatic carboxylic acids is 1. The van der Waals surface area contributed by atoms with E-state index in [2.05, 4.69) is 9.97 Å². The molecule has 1 saturated heterocycles. The predicted molar refractivity (Wildman–Crippen MR) is 134 cm³/mol. The molecule has 10 nitrogen and oxygen atoms in total. The van der Waals surface area contributed by atoms with E-state index in [1.807, 2.05) is 0 Å². The Labute approximate surface area is 210 Å². The molecule has 4 aromatic rings. The first-order chi connectivity index (χ1) is 17.7. The van der Waals surface area contributed by atoms with Gasteiger partial charge in [-0.25, -0.2) is 9.78 Å². The van der Waals surface area contributed by atoms with Gasteiger partial charge in [0.15, 0.2) is 0 Å². The topological polar surface area (TPSA) is 153 Å². The third kappa shape index (κ3) is 3.94. The van der Waals surface area contributed by atoms with Crippen molar-refractivity contribution in [3.8, 4) is 11.5 Å². The molecule has 1 atom stereocenters. The monoisotopic (exact) mass is 499 g/mol. The van der Waals surface area contributed by atoms with E-state index in [-0.39, 0.29) is 28.6 Å². The Morgan fingerprint density at radius 3 is 2.35 bits per heavy atom. The average Bonchev–Trinajstić information content (AvgIpc) is 3.41. The van der Waals surface area contributed by atoms with Crippen LogP contribution in [0.5, 0.6) is 11.5 Å². The lowest BCUT2D eigenvalue weighted by molar-refractivity contribution is -0.132. The zero-order valence-corrected chi connectivity index (χ0v) is 19.7. The van der Waals surface area contributed by atoms with Crippen molar-refractivity contribution in [2.75, 3.05) is 12.0 Å².